The molecule has 29 heavy (non-hydrogen) atoms. The summed E-state index contributed by atoms with van der Waals surface area (Å²) in [4.78, 5) is 19.2. The molecule has 3 aliphatic heterocycles. The first kappa shape index (κ1) is 18.4. The summed E-state index contributed by atoms with van der Waals surface area (Å²) in [6.07, 6.45) is 3.34. The van der Waals surface area contributed by atoms with Crippen molar-refractivity contribution in [3.05, 3.63) is 47.8 Å². The Hall–Kier alpha value is -2.65. The number of amides is 1. The predicted octanol–water partition coefficient (Wildman–Crippen LogP) is 1.29. The van der Waals surface area contributed by atoms with Gasteiger partial charge in [0.15, 0.2) is 0 Å². The molecule has 0 spiro atoms. The lowest BCUT2D eigenvalue weighted by molar-refractivity contribution is 0.0145. The maximum atomic E-state index is 13.0. The Bertz CT molecular complexity index is 875. The van der Waals surface area contributed by atoms with Gasteiger partial charge in [0.05, 0.1) is 6.20 Å². The fourth-order valence-electron chi connectivity index (χ4n) is 4.12. The van der Waals surface area contributed by atoms with Crippen LogP contribution in [0.15, 0.2) is 30.5 Å². The Morgan fingerprint density at radius 2 is 1.97 bits per heavy atom. The minimum atomic E-state index is -0.273. The molecule has 0 aliphatic carbocycles. The van der Waals surface area contributed by atoms with E-state index in [9.17, 15) is 9.18 Å². The first-order valence-electron chi connectivity index (χ1n) is 10.0. The smallest absolute Gasteiger partial charge is 0.273 e. The minimum Gasteiger partial charge on any atom is -0.488 e. The largest absolute Gasteiger partial charge is 0.488 e. The van der Waals surface area contributed by atoms with Crippen LogP contribution >= 0.6 is 0 Å². The van der Waals surface area contributed by atoms with Crippen molar-refractivity contribution in [2.45, 2.75) is 31.0 Å². The van der Waals surface area contributed by atoms with Gasteiger partial charge in [-0.05, 0) is 37.1 Å². The first-order valence-corrected chi connectivity index (χ1v) is 10.0. The number of aromatic nitrogens is 2. The van der Waals surface area contributed by atoms with Crippen molar-refractivity contribution in [3.63, 3.8) is 0 Å². The van der Waals surface area contributed by atoms with Gasteiger partial charge in [-0.1, -0.05) is 0 Å². The Morgan fingerprint density at radius 1 is 1.21 bits per heavy atom. The van der Waals surface area contributed by atoms with Crippen LogP contribution in [-0.4, -0.2) is 65.6 Å². The molecule has 2 aromatic rings. The Balaban J connectivity index is 1.17. The number of rotatable bonds is 5. The molecule has 3 aliphatic rings. The molecule has 4 heterocycles. The normalized spacial score (nSPS) is 23.1. The van der Waals surface area contributed by atoms with Gasteiger partial charge in [-0.2, -0.15) is 0 Å². The molecule has 0 saturated carbocycles. The number of halogens is 1. The number of hydrogen-bond acceptors (Lipinski definition) is 6. The molecule has 154 valence electrons. The second-order valence-electron chi connectivity index (χ2n) is 7.79. The van der Waals surface area contributed by atoms with E-state index in [1.165, 1.54) is 12.1 Å². The molecule has 5 rings (SSSR count). The SMILES string of the molecule is O=C1NC(CN2CC(Oc3ccc(F)cc3)C2)Nn2c1cnc2C1CCOCC1. The molecule has 2 saturated heterocycles. The number of likely N-dealkylation sites (tertiary alicyclic amines) is 1. The summed E-state index contributed by atoms with van der Waals surface area (Å²) in [5, 5.41) is 3.00. The summed E-state index contributed by atoms with van der Waals surface area (Å²) in [5.74, 6) is 1.49. The van der Waals surface area contributed by atoms with Crippen molar-refractivity contribution in [1.82, 2.24) is 19.9 Å². The number of imidazole rings is 1. The van der Waals surface area contributed by atoms with Crippen LogP contribution in [0.2, 0.25) is 0 Å². The average Bonchev–Trinajstić information content (AvgIpc) is 3.13. The van der Waals surface area contributed by atoms with Crippen LogP contribution in [0, 0.1) is 5.82 Å². The van der Waals surface area contributed by atoms with Gasteiger partial charge >= 0.3 is 0 Å². The highest BCUT2D eigenvalue weighted by molar-refractivity contribution is 5.93. The van der Waals surface area contributed by atoms with Crippen LogP contribution in [0.3, 0.4) is 0 Å². The molecule has 1 atom stereocenters. The average molecular weight is 401 g/mol. The molecule has 2 N–H and O–H groups in total. The Labute approximate surface area is 168 Å². The van der Waals surface area contributed by atoms with Gasteiger partial charge in [-0.15, -0.1) is 0 Å². The van der Waals surface area contributed by atoms with E-state index in [1.54, 1.807) is 18.3 Å². The second kappa shape index (κ2) is 7.64. The van der Waals surface area contributed by atoms with Gasteiger partial charge in [-0.3, -0.25) is 9.69 Å². The summed E-state index contributed by atoms with van der Waals surface area (Å²) >= 11 is 0. The van der Waals surface area contributed by atoms with Crippen LogP contribution in [0.1, 0.15) is 35.1 Å². The summed E-state index contributed by atoms with van der Waals surface area (Å²) in [6.45, 7) is 3.64. The highest BCUT2D eigenvalue weighted by Gasteiger charge is 2.34. The zero-order valence-electron chi connectivity index (χ0n) is 16.0. The fourth-order valence-corrected chi connectivity index (χ4v) is 4.12. The van der Waals surface area contributed by atoms with E-state index in [0.717, 1.165) is 45.0 Å². The van der Waals surface area contributed by atoms with Gasteiger partial charge < -0.3 is 20.2 Å². The van der Waals surface area contributed by atoms with Gasteiger partial charge in [0.1, 0.15) is 35.4 Å². The summed E-state index contributed by atoms with van der Waals surface area (Å²) in [7, 11) is 0. The highest BCUT2D eigenvalue weighted by Crippen LogP contribution is 2.27. The molecule has 9 heteroatoms. The maximum Gasteiger partial charge on any atom is 0.273 e. The number of nitrogens with zero attached hydrogens (tertiary/aromatic N) is 3. The van der Waals surface area contributed by atoms with E-state index in [0.29, 0.717) is 23.9 Å². The zero-order chi connectivity index (χ0) is 19.8. The number of benzene rings is 1. The van der Waals surface area contributed by atoms with Crippen LogP contribution in [0.5, 0.6) is 5.75 Å². The molecular weight excluding hydrogens is 377 g/mol. The van der Waals surface area contributed by atoms with E-state index in [-0.39, 0.29) is 24.0 Å². The molecule has 1 aromatic heterocycles. The molecule has 2 fully saturated rings. The lowest BCUT2D eigenvalue weighted by atomic mass is 10.00. The standard InChI is InChI=1S/C20H24FN5O3/c21-14-1-3-15(4-2-14)29-16-10-25(11-16)12-18-23-20(27)17-9-22-19(26(17)24-18)13-5-7-28-8-6-13/h1-4,9,13,16,18,24H,5-8,10-12H2,(H,23,27). The van der Waals surface area contributed by atoms with Crippen LogP contribution in [-0.2, 0) is 4.74 Å². The third kappa shape index (κ3) is 3.79. The summed E-state index contributed by atoms with van der Waals surface area (Å²) in [6, 6.07) is 6.07. The summed E-state index contributed by atoms with van der Waals surface area (Å²) < 4.78 is 26.1. The van der Waals surface area contributed by atoms with Gasteiger partial charge in [0.2, 0.25) is 0 Å². The van der Waals surface area contributed by atoms with Crippen molar-refractivity contribution >= 4 is 5.91 Å². The molecule has 0 radical (unpaired) electrons. The lowest BCUT2D eigenvalue weighted by Gasteiger charge is -2.42. The van der Waals surface area contributed by atoms with Crippen molar-refractivity contribution in [1.29, 1.82) is 0 Å². The molecule has 8 nitrogen and oxygen atoms in total. The minimum absolute atomic E-state index is 0.0707. The lowest BCUT2D eigenvalue weighted by Crippen LogP contribution is -2.61. The van der Waals surface area contributed by atoms with E-state index in [1.807, 2.05) is 4.68 Å². The Morgan fingerprint density at radius 3 is 2.72 bits per heavy atom. The van der Waals surface area contributed by atoms with E-state index >= 15 is 0 Å². The van der Waals surface area contributed by atoms with Crippen molar-refractivity contribution in [3.8, 4) is 5.75 Å². The third-order valence-electron chi connectivity index (χ3n) is 5.68. The molecule has 1 unspecified atom stereocenters. The molecule has 1 amide bonds. The van der Waals surface area contributed by atoms with Gasteiger partial charge in [-0.25, -0.2) is 14.1 Å². The zero-order valence-corrected chi connectivity index (χ0v) is 16.0. The second-order valence-corrected chi connectivity index (χ2v) is 7.79. The molecule has 1 aromatic carbocycles. The van der Waals surface area contributed by atoms with Crippen molar-refractivity contribution < 1.29 is 18.7 Å². The summed E-state index contributed by atoms with van der Waals surface area (Å²) in [5.41, 5.74) is 3.95. The predicted molar refractivity (Wildman–Crippen MR) is 103 cm³/mol. The van der Waals surface area contributed by atoms with E-state index in [2.05, 4.69) is 20.6 Å². The number of hydrogen-bond donors (Lipinski definition) is 2. The number of nitrogens with one attached hydrogen (secondary N) is 2. The third-order valence-corrected chi connectivity index (χ3v) is 5.68. The quantitative estimate of drug-likeness (QED) is 0.786. The van der Waals surface area contributed by atoms with Crippen molar-refractivity contribution in [2.24, 2.45) is 0 Å². The molecular formula is C20H24FN5O3. The topological polar surface area (TPSA) is 80.7 Å². The number of fused-ring (bicyclic) bond motifs is 1. The van der Waals surface area contributed by atoms with Crippen LogP contribution < -0.4 is 15.5 Å². The number of carbonyl (C=O) groups excluding carboxylic acids is 1. The maximum absolute atomic E-state index is 13.0. The number of ether oxygens (including phenoxy) is 2. The van der Waals surface area contributed by atoms with Crippen molar-refractivity contribution in [2.75, 3.05) is 38.3 Å². The van der Waals surface area contributed by atoms with Crippen LogP contribution in [0.4, 0.5) is 4.39 Å². The number of carbonyl (C=O) groups is 1. The monoisotopic (exact) mass is 401 g/mol. The molecule has 0 bridgehead atoms. The highest BCUT2D eigenvalue weighted by atomic mass is 19.1. The Kier molecular flexibility index (Phi) is 4.84. The van der Waals surface area contributed by atoms with Gasteiger partial charge in [0.25, 0.3) is 5.91 Å². The van der Waals surface area contributed by atoms with Crippen LogP contribution in [0.25, 0.3) is 0 Å². The fraction of sp³-hybridized carbons (Fsp3) is 0.500. The first-order chi connectivity index (χ1) is 14.2. The van der Waals surface area contributed by atoms with Gasteiger partial charge in [0, 0.05) is 38.8 Å². The van der Waals surface area contributed by atoms with E-state index < -0.39 is 0 Å². The van der Waals surface area contributed by atoms with E-state index in [4.69, 9.17) is 9.47 Å².